The molecule has 0 radical (unpaired) electrons. The van der Waals surface area contributed by atoms with E-state index in [9.17, 15) is 13.2 Å². The minimum atomic E-state index is -2.69. The second-order valence-corrected chi connectivity index (χ2v) is 7.85. The first-order valence-electron chi connectivity index (χ1n) is 9.77. The molecule has 31 heavy (non-hydrogen) atoms. The molecule has 0 amide bonds. The first kappa shape index (κ1) is 20.1. The predicted molar refractivity (Wildman–Crippen MR) is 111 cm³/mol. The molecule has 2 aliphatic rings. The van der Waals surface area contributed by atoms with Gasteiger partial charge >= 0.3 is 0 Å². The van der Waals surface area contributed by atoms with Gasteiger partial charge < -0.3 is 20.3 Å². The van der Waals surface area contributed by atoms with Gasteiger partial charge in [-0.05, 0) is 30.7 Å². The lowest BCUT2D eigenvalue weighted by Crippen LogP contribution is -2.44. The summed E-state index contributed by atoms with van der Waals surface area (Å²) in [5, 5.41) is 5.96. The van der Waals surface area contributed by atoms with Crippen molar-refractivity contribution >= 4 is 40.0 Å². The molecule has 2 fully saturated rings. The molecule has 2 saturated heterocycles. The van der Waals surface area contributed by atoms with Gasteiger partial charge in [-0.25, -0.2) is 28.1 Å². The number of anilines is 3. The number of ether oxygens (including phenoxy) is 1. The lowest BCUT2D eigenvalue weighted by Gasteiger charge is -2.28. The van der Waals surface area contributed by atoms with Gasteiger partial charge in [-0.2, -0.15) is 0 Å². The summed E-state index contributed by atoms with van der Waals surface area (Å²) in [6.45, 7) is 0.928. The Morgan fingerprint density at radius 3 is 2.87 bits per heavy atom. The van der Waals surface area contributed by atoms with Gasteiger partial charge in [0.2, 0.25) is 0 Å². The summed E-state index contributed by atoms with van der Waals surface area (Å²) >= 11 is 5.97. The zero-order valence-electron chi connectivity index (χ0n) is 16.2. The number of benzene rings is 1. The van der Waals surface area contributed by atoms with Gasteiger partial charge in [0.1, 0.15) is 35.0 Å². The Morgan fingerprint density at radius 1 is 1.26 bits per heavy atom. The van der Waals surface area contributed by atoms with E-state index < -0.39 is 23.9 Å². The predicted octanol–water partition coefficient (Wildman–Crippen LogP) is 3.76. The third-order valence-electron chi connectivity index (χ3n) is 5.48. The van der Waals surface area contributed by atoms with Gasteiger partial charge in [-0.15, -0.1) is 0 Å². The van der Waals surface area contributed by atoms with E-state index in [0.717, 1.165) is 25.3 Å². The Kier molecular flexibility index (Phi) is 5.19. The molecule has 162 valence electrons. The molecule has 2 atom stereocenters. The average molecular weight is 451 g/mol. The summed E-state index contributed by atoms with van der Waals surface area (Å²) in [6, 6.07) is 7.32. The number of hydrogen-bond acceptors (Lipinski definition) is 7. The minimum absolute atomic E-state index is 0.0195. The zero-order valence-corrected chi connectivity index (χ0v) is 16.9. The van der Waals surface area contributed by atoms with Gasteiger partial charge in [0, 0.05) is 25.2 Å². The van der Waals surface area contributed by atoms with Crippen LogP contribution in [0.3, 0.4) is 0 Å². The number of pyridine rings is 1. The molecular weight excluding hydrogens is 433 g/mol. The summed E-state index contributed by atoms with van der Waals surface area (Å²) < 4.78 is 44.3. The van der Waals surface area contributed by atoms with Crippen LogP contribution in [-0.2, 0) is 0 Å². The van der Waals surface area contributed by atoms with E-state index in [-0.39, 0.29) is 11.4 Å². The van der Waals surface area contributed by atoms with Crippen LogP contribution in [-0.4, -0.2) is 53.2 Å². The maximum Gasteiger partial charge on any atom is 0.272 e. The molecule has 0 unspecified atom stereocenters. The molecule has 2 aromatic heterocycles. The fourth-order valence-corrected chi connectivity index (χ4v) is 4.26. The molecule has 2 bridgehead atoms. The molecule has 11 heteroatoms. The lowest BCUT2D eigenvalue weighted by molar-refractivity contribution is 0.0818. The molecule has 0 spiro atoms. The number of aromatic nitrogens is 3. The van der Waals surface area contributed by atoms with Crippen LogP contribution in [0.5, 0.6) is 5.75 Å². The molecule has 3 aromatic rings. The van der Waals surface area contributed by atoms with Gasteiger partial charge in [0.15, 0.2) is 11.6 Å². The van der Waals surface area contributed by atoms with E-state index >= 15 is 0 Å². The Hall–Kier alpha value is -2.85. The number of alkyl halides is 2. The van der Waals surface area contributed by atoms with Crippen LogP contribution in [0.2, 0.25) is 5.02 Å². The Labute approximate surface area is 180 Å². The van der Waals surface area contributed by atoms with E-state index in [4.69, 9.17) is 21.3 Å². The van der Waals surface area contributed by atoms with Crippen molar-refractivity contribution in [2.75, 3.05) is 29.9 Å². The molecule has 2 N–H and O–H groups in total. The van der Waals surface area contributed by atoms with Crippen LogP contribution in [0, 0.1) is 5.82 Å². The smallest absolute Gasteiger partial charge is 0.272 e. The summed E-state index contributed by atoms with van der Waals surface area (Å²) in [5.74, 6) is 0.133. The lowest BCUT2D eigenvalue weighted by atomic mass is 10.2. The van der Waals surface area contributed by atoms with Gasteiger partial charge in [0.25, 0.3) is 6.43 Å². The van der Waals surface area contributed by atoms with Crippen molar-refractivity contribution in [2.24, 2.45) is 0 Å². The highest BCUT2D eigenvalue weighted by atomic mass is 35.5. The van der Waals surface area contributed by atoms with Crippen molar-refractivity contribution in [1.29, 1.82) is 0 Å². The first-order chi connectivity index (χ1) is 15.0. The van der Waals surface area contributed by atoms with E-state index in [1.54, 1.807) is 0 Å². The van der Waals surface area contributed by atoms with Crippen LogP contribution in [0.1, 0.15) is 6.42 Å². The normalized spacial score (nSPS) is 20.1. The van der Waals surface area contributed by atoms with Crippen LogP contribution >= 0.6 is 11.6 Å². The maximum atomic E-state index is 14.8. The van der Waals surface area contributed by atoms with Crippen molar-refractivity contribution in [3.05, 3.63) is 41.4 Å². The molecular formula is C20H18ClF3N6O. The number of nitrogens with zero attached hydrogens (tertiary/aromatic N) is 4. The van der Waals surface area contributed by atoms with Crippen molar-refractivity contribution in [3.63, 3.8) is 0 Å². The molecule has 7 nitrogen and oxygen atoms in total. The molecule has 5 rings (SSSR count). The SMILES string of the molecule is Fc1c(Nc2ncnc3ccc(N4C[C@@H]5C[C@H]4CN5)nc23)ccc(OCC(F)F)c1Cl. The van der Waals surface area contributed by atoms with Crippen molar-refractivity contribution in [1.82, 2.24) is 20.3 Å². The number of nitrogens with one attached hydrogen (secondary N) is 2. The Morgan fingerprint density at radius 2 is 2.13 bits per heavy atom. The second-order valence-electron chi connectivity index (χ2n) is 7.47. The van der Waals surface area contributed by atoms with Crippen molar-refractivity contribution in [3.8, 4) is 5.75 Å². The number of hydrogen-bond donors (Lipinski definition) is 2. The quantitative estimate of drug-likeness (QED) is 0.592. The van der Waals surface area contributed by atoms with Crippen molar-refractivity contribution < 1.29 is 17.9 Å². The van der Waals surface area contributed by atoms with E-state index in [2.05, 4.69) is 25.5 Å². The fourth-order valence-electron chi connectivity index (χ4n) is 4.04. The van der Waals surface area contributed by atoms with Gasteiger partial charge in [-0.1, -0.05) is 11.6 Å². The minimum Gasteiger partial charge on any atom is -0.486 e. The van der Waals surface area contributed by atoms with Gasteiger partial charge in [-0.3, -0.25) is 0 Å². The topological polar surface area (TPSA) is 75.2 Å². The standard InChI is InChI=1S/C20H18ClF3N6O/c21-17-14(31-8-15(22)23)3-1-12(18(17)24)28-20-19-13(26-9-27-20)2-4-16(29-19)30-7-10-5-11(30)6-25-10/h1-4,9-11,15,25H,5-8H2,(H,26,27,28)/t10-,11-/m0/s1. The Balaban J connectivity index is 1.45. The molecule has 0 aliphatic carbocycles. The molecule has 1 aromatic carbocycles. The van der Waals surface area contributed by atoms with Crippen LogP contribution in [0.4, 0.5) is 30.5 Å². The van der Waals surface area contributed by atoms with Crippen molar-refractivity contribution in [2.45, 2.75) is 24.9 Å². The average Bonchev–Trinajstić information content (AvgIpc) is 3.40. The summed E-state index contributed by atoms with van der Waals surface area (Å²) in [5.41, 5.74) is 1.11. The molecule has 0 saturated carbocycles. The molecule has 4 heterocycles. The summed E-state index contributed by atoms with van der Waals surface area (Å²) in [7, 11) is 0. The third kappa shape index (κ3) is 3.81. The first-order valence-corrected chi connectivity index (χ1v) is 10.1. The largest absolute Gasteiger partial charge is 0.486 e. The molecule has 2 aliphatic heterocycles. The number of piperazine rings is 1. The highest BCUT2D eigenvalue weighted by Gasteiger charge is 2.38. The number of fused-ring (bicyclic) bond motifs is 3. The second kappa shape index (κ2) is 8.01. The van der Waals surface area contributed by atoms with E-state index in [1.807, 2.05) is 12.1 Å². The summed E-state index contributed by atoms with van der Waals surface area (Å²) in [4.78, 5) is 15.4. The number of rotatable bonds is 6. The van der Waals surface area contributed by atoms with Crippen LogP contribution in [0.25, 0.3) is 11.0 Å². The number of halogens is 4. The highest BCUT2D eigenvalue weighted by molar-refractivity contribution is 6.32. The fraction of sp³-hybridized carbons (Fsp3) is 0.350. The van der Waals surface area contributed by atoms with E-state index in [0.29, 0.717) is 28.9 Å². The van der Waals surface area contributed by atoms with Crippen LogP contribution in [0.15, 0.2) is 30.6 Å². The summed E-state index contributed by atoms with van der Waals surface area (Å²) in [6.07, 6.45) is -0.251. The Bertz CT molecular complexity index is 1130. The maximum absolute atomic E-state index is 14.8. The van der Waals surface area contributed by atoms with Gasteiger partial charge in [0.05, 0.1) is 11.2 Å². The highest BCUT2D eigenvalue weighted by Crippen LogP contribution is 2.35. The third-order valence-corrected chi connectivity index (χ3v) is 5.84. The van der Waals surface area contributed by atoms with Crippen LogP contribution < -0.4 is 20.3 Å². The monoisotopic (exact) mass is 450 g/mol. The zero-order chi connectivity index (χ0) is 21.5. The van der Waals surface area contributed by atoms with E-state index in [1.165, 1.54) is 18.5 Å².